The Balaban J connectivity index is 1.73. The quantitative estimate of drug-likeness (QED) is 0.795. The molecule has 2 aromatic carbocycles. The van der Waals surface area contributed by atoms with E-state index in [9.17, 15) is 9.59 Å². The molecule has 0 radical (unpaired) electrons. The van der Waals surface area contributed by atoms with Crippen molar-refractivity contribution in [3.63, 3.8) is 0 Å². The van der Waals surface area contributed by atoms with Gasteiger partial charge in [0.2, 0.25) is 5.91 Å². The zero-order valence-corrected chi connectivity index (χ0v) is 14.7. The lowest BCUT2D eigenvalue weighted by Gasteiger charge is -2.10. The average molecular weight is 335 g/mol. The number of anilines is 1. The van der Waals surface area contributed by atoms with E-state index in [1.54, 1.807) is 6.07 Å². The molecular weight excluding hydrogens is 314 g/mol. The van der Waals surface area contributed by atoms with Gasteiger partial charge >= 0.3 is 0 Å². The van der Waals surface area contributed by atoms with Crippen molar-refractivity contribution in [2.75, 3.05) is 5.32 Å². The van der Waals surface area contributed by atoms with Crippen molar-refractivity contribution < 1.29 is 4.79 Å². The maximum atomic E-state index is 12.5. The van der Waals surface area contributed by atoms with E-state index >= 15 is 0 Å². The highest BCUT2D eigenvalue weighted by Crippen LogP contribution is 2.16. The van der Waals surface area contributed by atoms with Crippen LogP contribution in [0, 0.1) is 20.8 Å². The summed E-state index contributed by atoms with van der Waals surface area (Å²) in [5.74, 6) is -0.122. The summed E-state index contributed by atoms with van der Waals surface area (Å²) in [6.45, 7) is 6.20. The van der Waals surface area contributed by atoms with Gasteiger partial charge < -0.3 is 5.32 Å². The Morgan fingerprint density at radius 3 is 2.68 bits per heavy atom. The molecule has 0 fully saturated rings. The van der Waals surface area contributed by atoms with Gasteiger partial charge in [-0.15, -0.1) is 0 Å². The number of amides is 1. The summed E-state index contributed by atoms with van der Waals surface area (Å²) in [5, 5.41) is 3.48. The molecule has 0 aliphatic carbocycles. The molecule has 0 saturated carbocycles. The van der Waals surface area contributed by atoms with Crippen LogP contribution < -0.4 is 10.9 Å². The Morgan fingerprint density at radius 2 is 1.92 bits per heavy atom. The van der Waals surface area contributed by atoms with Crippen LogP contribution in [0.5, 0.6) is 0 Å². The fourth-order valence-electron chi connectivity index (χ4n) is 2.89. The number of nitrogens with one attached hydrogen (secondary N) is 1. The molecule has 1 aromatic heterocycles. The Hall–Kier alpha value is -2.95. The maximum absolute atomic E-state index is 12.5. The average Bonchev–Trinajstić information content (AvgIpc) is 2.57. The first kappa shape index (κ1) is 16.9. The molecule has 128 valence electrons. The third-order valence-corrected chi connectivity index (χ3v) is 4.29. The second-order valence-electron chi connectivity index (χ2n) is 6.33. The van der Waals surface area contributed by atoms with Gasteiger partial charge in [0.1, 0.15) is 0 Å². The second kappa shape index (κ2) is 6.89. The Bertz CT molecular complexity index is 1010. The van der Waals surface area contributed by atoms with Gasteiger partial charge in [-0.3, -0.25) is 14.2 Å². The molecule has 0 aliphatic heterocycles. The van der Waals surface area contributed by atoms with E-state index in [-0.39, 0.29) is 17.9 Å². The van der Waals surface area contributed by atoms with Gasteiger partial charge in [-0.25, -0.2) is 4.98 Å². The van der Waals surface area contributed by atoms with Crippen molar-refractivity contribution in [1.29, 1.82) is 0 Å². The summed E-state index contributed by atoms with van der Waals surface area (Å²) < 4.78 is 1.49. The molecule has 0 unspecified atom stereocenters. The maximum Gasteiger partial charge on any atom is 0.261 e. The fraction of sp³-hybridized carbons (Fsp3) is 0.250. The van der Waals surface area contributed by atoms with Crippen LogP contribution in [0.25, 0.3) is 10.9 Å². The fourth-order valence-corrected chi connectivity index (χ4v) is 2.89. The van der Waals surface area contributed by atoms with E-state index in [0.717, 1.165) is 22.4 Å². The number of hydrogen-bond acceptors (Lipinski definition) is 3. The van der Waals surface area contributed by atoms with Crippen molar-refractivity contribution in [3.8, 4) is 0 Å². The highest BCUT2D eigenvalue weighted by Gasteiger charge is 2.09. The molecule has 0 spiro atoms. The number of rotatable bonds is 4. The van der Waals surface area contributed by atoms with Crippen LogP contribution in [-0.4, -0.2) is 15.5 Å². The lowest BCUT2D eigenvalue weighted by atomic mass is 10.1. The summed E-state index contributed by atoms with van der Waals surface area (Å²) in [5.41, 5.74) is 4.54. The summed E-state index contributed by atoms with van der Waals surface area (Å²) in [4.78, 5) is 29.1. The number of aryl methyl sites for hydroxylation is 4. The van der Waals surface area contributed by atoms with Crippen molar-refractivity contribution in [2.24, 2.45) is 0 Å². The Kier molecular flexibility index (Phi) is 4.65. The molecule has 5 heteroatoms. The number of carbonyl (C=O) groups excluding carboxylic acids is 1. The van der Waals surface area contributed by atoms with Gasteiger partial charge in [0, 0.05) is 18.7 Å². The molecule has 25 heavy (non-hydrogen) atoms. The van der Waals surface area contributed by atoms with E-state index in [1.807, 2.05) is 51.1 Å². The van der Waals surface area contributed by atoms with Gasteiger partial charge in [0.25, 0.3) is 5.56 Å². The SMILES string of the molecule is Cc1ccc(NC(=O)CCn2cnc3c(C)cccc3c2=O)c(C)c1. The molecular formula is C20H21N3O2. The number of para-hydroxylation sites is 1. The lowest BCUT2D eigenvalue weighted by molar-refractivity contribution is -0.116. The molecule has 0 atom stereocenters. The Labute approximate surface area is 146 Å². The van der Waals surface area contributed by atoms with Crippen LogP contribution in [0.15, 0.2) is 47.5 Å². The third-order valence-electron chi connectivity index (χ3n) is 4.29. The van der Waals surface area contributed by atoms with Gasteiger partial charge in [-0.2, -0.15) is 0 Å². The van der Waals surface area contributed by atoms with E-state index < -0.39 is 0 Å². The molecule has 0 aliphatic rings. The molecule has 3 aromatic rings. The van der Waals surface area contributed by atoms with Crippen molar-refractivity contribution >= 4 is 22.5 Å². The van der Waals surface area contributed by atoms with Crippen LogP contribution in [0.2, 0.25) is 0 Å². The van der Waals surface area contributed by atoms with Gasteiger partial charge in [0.15, 0.2) is 0 Å². The standard InChI is InChI=1S/C20H21N3O2/c1-13-7-8-17(15(3)11-13)22-18(24)9-10-23-12-21-19-14(2)5-4-6-16(19)20(23)25/h4-8,11-12H,9-10H2,1-3H3,(H,22,24). The molecule has 1 heterocycles. The number of nitrogens with zero attached hydrogens (tertiary/aromatic N) is 2. The largest absolute Gasteiger partial charge is 0.326 e. The summed E-state index contributed by atoms with van der Waals surface area (Å²) in [6.07, 6.45) is 1.73. The normalized spacial score (nSPS) is 10.8. The van der Waals surface area contributed by atoms with E-state index in [0.29, 0.717) is 17.4 Å². The molecule has 0 saturated heterocycles. The minimum absolute atomic E-state index is 0.118. The van der Waals surface area contributed by atoms with Crippen LogP contribution in [0.4, 0.5) is 5.69 Å². The minimum Gasteiger partial charge on any atom is -0.326 e. The number of carbonyl (C=O) groups is 1. The Morgan fingerprint density at radius 1 is 1.12 bits per heavy atom. The second-order valence-corrected chi connectivity index (χ2v) is 6.33. The topological polar surface area (TPSA) is 64.0 Å². The number of aromatic nitrogens is 2. The lowest BCUT2D eigenvalue weighted by Crippen LogP contribution is -2.24. The third kappa shape index (κ3) is 3.60. The summed E-state index contributed by atoms with van der Waals surface area (Å²) in [7, 11) is 0. The summed E-state index contributed by atoms with van der Waals surface area (Å²) >= 11 is 0. The first-order chi connectivity index (χ1) is 12.0. The van der Waals surface area contributed by atoms with Gasteiger partial charge in [-0.05, 0) is 44.0 Å². The molecule has 1 N–H and O–H groups in total. The highest BCUT2D eigenvalue weighted by molar-refractivity contribution is 5.91. The van der Waals surface area contributed by atoms with Crippen molar-refractivity contribution in [2.45, 2.75) is 33.7 Å². The van der Waals surface area contributed by atoms with Gasteiger partial charge in [-0.1, -0.05) is 29.8 Å². The van der Waals surface area contributed by atoms with Crippen molar-refractivity contribution in [3.05, 3.63) is 69.8 Å². The van der Waals surface area contributed by atoms with Gasteiger partial charge in [0.05, 0.1) is 17.2 Å². The molecule has 3 rings (SSSR count). The minimum atomic E-state index is -0.122. The first-order valence-electron chi connectivity index (χ1n) is 8.27. The van der Waals surface area contributed by atoms with Crippen LogP contribution in [0.3, 0.4) is 0 Å². The zero-order valence-electron chi connectivity index (χ0n) is 14.7. The monoisotopic (exact) mass is 335 g/mol. The van der Waals surface area contributed by atoms with Crippen LogP contribution in [0.1, 0.15) is 23.1 Å². The number of benzene rings is 2. The van der Waals surface area contributed by atoms with Crippen LogP contribution in [-0.2, 0) is 11.3 Å². The van der Waals surface area contributed by atoms with E-state index in [4.69, 9.17) is 0 Å². The summed E-state index contributed by atoms with van der Waals surface area (Å²) in [6, 6.07) is 11.4. The number of fused-ring (bicyclic) bond motifs is 1. The molecule has 5 nitrogen and oxygen atoms in total. The van der Waals surface area contributed by atoms with E-state index in [1.165, 1.54) is 10.9 Å². The van der Waals surface area contributed by atoms with Crippen molar-refractivity contribution in [1.82, 2.24) is 9.55 Å². The smallest absolute Gasteiger partial charge is 0.261 e. The predicted octanol–water partition coefficient (Wildman–Crippen LogP) is 3.35. The number of hydrogen-bond donors (Lipinski definition) is 1. The molecule has 0 bridgehead atoms. The molecule has 1 amide bonds. The zero-order chi connectivity index (χ0) is 18.0. The van der Waals surface area contributed by atoms with Crippen LogP contribution >= 0.6 is 0 Å². The first-order valence-corrected chi connectivity index (χ1v) is 8.27. The van der Waals surface area contributed by atoms with E-state index in [2.05, 4.69) is 10.3 Å². The predicted molar refractivity (Wildman–Crippen MR) is 99.9 cm³/mol. The highest BCUT2D eigenvalue weighted by atomic mass is 16.1.